The number of rotatable bonds is 56. The molecule has 408 valence electrons. The molecule has 0 aromatic heterocycles. The van der Waals surface area contributed by atoms with Crippen molar-refractivity contribution in [3.8, 4) is 0 Å². The maximum Gasteiger partial charge on any atom is 0.472 e. The largest absolute Gasteiger partial charge is 0.472 e. The Morgan fingerprint density at radius 1 is 0.443 bits per heavy atom. The highest BCUT2D eigenvalue weighted by atomic mass is 31.2. The maximum atomic E-state index is 12.7. The number of nitrogens with two attached hydrogens (primary N) is 1. The van der Waals surface area contributed by atoms with E-state index in [0.29, 0.717) is 13.0 Å². The third-order valence-electron chi connectivity index (χ3n) is 12.6. The van der Waals surface area contributed by atoms with Crippen LogP contribution in [0.5, 0.6) is 0 Å². The summed E-state index contributed by atoms with van der Waals surface area (Å²) in [5, 5.41) is 0. The number of hydrogen-bond donors (Lipinski definition) is 2. The van der Waals surface area contributed by atoms with Crippen LogP contribution in [0.3, 0.4) is 0 Å². The van der Waals surface area contributed by atoms with Gasteiger partial charge in [0.05, 0.1) is 19.8 Å². The van der Waals surface area contributed by atoms with Gasteiger partial charge in [-0.3, -0.25) is 13.8 Å². The van der Waals surface area contributed by atoms with Crippen molar-refractivity contribution in [3.63, 3.8) is 0 Å². The fraction of sp³-hybridized carbons (Fsp3) is 0.787. The Bertz CT molecular complexity index is 1310. The average molecular weight is 1000 g/mol. The van der Waals surface area contributed by atoms with E-state index in [2.05, 4.69) is 86.8 Å². The summed E-state index contributed by atoms with van der Waals surface area (Å²) in [7, 11) is -4.29. The van der Waals surface area contributed by atoms with Crippen molar-refractivity contribution in [1.29, 1.82) is 0 Å². The average Bonchev–Trinajstić information content (AvgIpc) is 3.35. The van der Waals surface area contributed by atoms with Crippen molar-refractivity contribution in [2.45, 2.75) is 277 Å². The molecule has 0 aromatic rings. The Balaban J connectivity index is 3.89. The minimum absolute atomic E-state index is 0.0973. The lowest BCUT2D eigenvalue weighted by Crippen LogP contribution is -2.28. The summed E-state index contributed by atoms with van der Waals surface area (Å²) >= 11 is 0. The van der Waals surface area contributed by atoms with Crippen molar-refractivity contribution >= 4 is 13.8 Å². The maximum absolute atomic E-state index is 12.7. The van der Waals surface area contributed by atoms with Gasteiger partial charge in [-0.2, -0.15) is 0 Å². The van der Waals surface area contributed by atoms with Crippen LogP contribution in [0.2, 0.25) is 0 Å². The van der Waals surface area contributed by atoms with E-state index in [4.69, 9.17) is 24.3 Å². The van der Waals surface area contributed by atoms with Gasteiger partial charge in [-0.25, -0.2) is 4.57 Å². The summed E-state index contributed by atoms with van der Waals surface area (Å²) < 4.78 is 33.7. The van der Waals surface area contributed by atoms with Gasteiger partial charge in [0.15, 0.2) is 0 Å². The summed E-state index contributed by atoms with van der Waals surface area (Å²) in [6, 6.07) is 0. The number of esters is 1. The minimum atomic E-state index is -4.29. The first-order valence-electron chi connectivity index (χ1n) is 29.4. The molecule has 8 nitrogen and oxygen atoms in total. The number of phosphoric ester groups is 1. The molecular weight excluding hydrogens is 890 g/mol. The Kier molecular flexibility index (Phi) is 56.1. The Hall–Kier alpha value is -2.06. The monoisotopic (exact) mass is 1000 g/mol. The van der Waals surface area contributed by atoms with E-state index in [1.54, 1.807) is 0 Å². The van der Waals surface area contributed by atoms with Gasteiger partial charge in [0, 0.05) is 19.6 Å². The highest BCUT2D eigenvalue weighted by Gasteiger charge is 2.25. The third-order valence-corrected chi connectivity index (χ3v) is 13.6. The van der Waals surface area contributed by atoms with Gasteiger partial charge in [-0.15, -0.1) is 0 Å². The van der Waals surface area contributed by atoms with E-state index in [1.165, 1.54) is 180 Å². The van der Waals surface area contributed by atoms with Gasteiger partial charge < -0.3 is 20.1 Å². The van der Waals surface area contributed by atoms with Crippen molar-refractivity contribution in [2.24, 2.45) is 5.73 Å². The lowest BCUT2D eigenvalue weighted by Gasteiger charge is -2.20. The molecule has 0 aliphatic heterocycles. The van der Waals surface area contributed by atoms with Crippen molar-refractivity contribution in [3.05, 3.63) is 72.9 Å². The number of unbranched alkanes of at least 4 members (excludes halogenated alkanes) is 31. The van der Waals surface area contributed by atoms with Crippen molar-refractivity contribution in [2.75, 3.05) is 33.0 Å². The number of carbonyl (C=O) groups excluding carboxylic acids is 1. The molecule has 0 fully saturated rings. The van der Waals surface area contributed by atoms with Gasteiger partial charge >= 0.3 is 13.8 Å². The topological polar surface area (TPSA) is 117 Å². The lowest BCUT2D eigenvalue weighted by molar-refractivity contribution is -0.154. The molecule has 2 atom stereocenters. The first-order chi connectivity index (χ1) is 34.4. The number of carbonyl (C=O) groups is 1. The second-order valence-electron chi connectivity index (χ2n) is 19.5. The normalized spacial score (nSPS) is 13.7. The van der Waals surface area contributed by atoms with Crippen LogP contribution >= 0.6 is 7.82 Å². The van der Waals surface area contributed by atoms with E-state index < -0.39 is 13.9 Å². The van der Waals surface area contributed by atoms with Crippen LogP contribution in [0.15, 0.2) is 72.9 Å². The zero-order valence-corrected chi connectivity index (χ0v) is 46.6. The highest BCUT2D eigenvalue weighted by molar-refractivity contribution is 7.47. The van der Waals surface area contributed by atoms with Crippen LogP contribution in [0, 0.1) is 0 Å². The first kappa shape index (κ1) is 67.9. The molecule has 0 heterocycles. The summed E-state index contributed by atoms with van der Waals surface area (Å²) in [6.07, 6.45) is 75.3. The zero-order valence-electron chi connectivity index (χ0n) is 45.7. The Morgan fingerprint density at radius 2 is 0.800 bits per heavy atom. The number of phosphoric acid groups is 1. The molecule has 70 heavy (non-hydrogen) atoms. The van der Waals surface area contributed by atoms with E-state index >= 15 is 0 Å². The molecule has 0 bridgehead atoms. The molecule has 0 spiro atoms. The van der Waals surface area contributed by atoms with Gasteiger partial charge in [0.2, 0.25) is 0 Å². The first-order valence-corrected chi connectivity index (χ1v) is 30.9. The number of ether oxygens (including phenoxy) is 2. The van der Waals surface area contributed by atoms with Crippen molar-refractivity contribution in [1.82, 2.24) is 0 Å². The predicted molar refractivity (Wildman–Crippen MR) is 302 cm³/mol. The molecule has 2 unspecified atom stereocenters. The fourth-order valence-corrected chi connectivity index (χ4v) is 9.08. The van der Waals surface area contributed by atoms with Crippen LogP contribution in [-0.4, -0.2) is 49.9 Å². The molecule has 0 amide bonds. The Morgan fingerprint density at radius 3 is 1.21 bits per heavy atom. The van der Waals surface area contributed by atoms with Crippen LogP contribution in [-0.2, 0) is 27.9 Å². The van der Waals surface area contributed by atoms with E-state index in [-0.39, 0.29) is 32.3 Å². The molecule has 0 saturated carbocycles. The second-order valence-corrected chi connectivity index (χ2v) is 20.9. The zero-order chi connectivity index (χ0) is 50.8. The molecule has 0 saturated heterocycles. The molecule has 0 radical (unpaired) electrons. The van der Waals surface area contributed by atoms with Gasteiger partial charge in [0.25, 0.3) is 0 Å². The highest BCUT2D eigenvalue weighted by Crippen LogP contribution is 2.43. The van der Waals surface area contributed by atoms with Crippen LogP contribution in [0.25, 0.3) is 0 Å². The van der Waals surface area contributed by atoms with Gasteiger partial charge in [0.1, 0.15) is 6.10 Å². The standard InChI is InChI=1S/C61H112NO7P/c1-3-5-7-9-11-13-15-17-19-21-23-25-27-29-31-33-35-37-39-41-43-45-47-49-51-53-56-66-58-60(59-68-70(64,65)67-57-55-62)69-61(63)54-52-50-48-46-44-42-40-38-36-34-32-30-28-26-24-22-20-18-16-14-12-10-8-6-4-2/h6,8,12,14,18,20-21,23-24,26,30,32,60H,3-5,7,9-11,13,15-17,19,22,25,27-29,31,33-59,62H2,1-2H3,(H,64,65)/b8-6-,14-12-,20-18-,23-21-,26-24-,32-30-. The second kappa shape index (κ2) is 57.8. The Labute approximate surface area is 433 Å². The lowest BCUT2D eigenvalue weighted by atomic mass is 10.0. The van der Waals surface area contributed by atoms with E-state index in [0.717, 1.165) is 70.6 Å². The SMILES string of the molecule is CC/C=C\C/C=C\C/C=C\C/C=C\C/C=C\CCCCCCCCCCCC(=O)OC(COCCCCCCCCCCCCCCCC/C=C\CCCCCCCCCC)COP(=O)(O)OCCN. The molecular formula is C61H112NO7P. The molecule has 0 rings (SSSR count). The summed E-state index contributed by atoms with van der Waals surface area (Å²) in [5.41, 5.74) is 5.41. The molecule has 3 N–H and O–H groups in total. The van der Waals surface area contributed by atoms with Gasteiger partial charge in [-0.1, -0.05) is 254 Å². The smallest absolute Gasteiger partial charge is 0.457 e. The predicted octanol–water partition coefficient (Wildman–Crippen LogP) is 19.0. The number of hydrogen-bond acceptors (Lipinski definition) is 7. The molecule has 0 aromatic carbocycles. The van der Waals surface area contributed by atoms with Crippen LogP contribution in [0.1, 0.15) is 271 Å². The minimum Gasteiger partial charge on any atom is -0.457 e. The summed E-state index contributed by atoms with van der Waals surface area (Å²) in [4.78, 5) is 22.7. The number of allylic oxidation sites excluding steroid dienone is 12. The van der Waals surface area contributed by atoms with E-state index in [9.17, 15) is 14.3 Å². The fourth-order valence-electron chi connectivity index (χ4n) is 8.32. The molecule has 9 heteroatoms. The van der Waals surface area contributed by atoms with Gasteiger partial charge in [-0.05, 0) is 83.5 Å². The summed E-state index contributed by atoms with van der Waals surface area (Å²) in [5.74, 6) is -0.335. The molecule has 0 aliphatic rings. The quantitative estimate of drug-likeness (QED) is 0.0268. The molecule has 0 aliphatic carbocycles. The van der Waals surface area contributed by atoms with Crippen molar-refractivity contribution < 1.29 is 32.8 Å². The van der Waals surface area contributed by atoms with Crippen LogP contribution in [0.4, 0.5) is 0 Å². The van der Waals surface area contributed by atoms with Crippen LogP contribution < -0.4 is 5.73 Å². The van der Waals surface area contributed by atoms with E-state index in [1.807, 2.05) is 0 Å². The third kappa shape index (κ3) is 56.8. The summed E-state index contributed by atoms with van der Waals surface area (Å²) in [6.45, 7) is 4.84.